The molecule has 1 aromatic heterocycles. The van der Waals surface area contributed by atoms with Crippen molar-refractivity contribution >= 4 is 28.5 Å². The van der Waals surface area contributed by atoms with Crippen LogP contribution in [0.15, 0.2) is 72.9 Å². The molecule has 224 valence electrons. The fraction of sp³-hybridized carbons (Fsp3) is 0.303. The van der Waals surface area contributed by atoms with E-state index in [0.29, 0.717) is 51.9 Å². The number of amides is 1. The van der Waals surface area contributed by atoms with Crippen LogP contribution in [0.25, 0.3) is 10.9 Å². The van der Waals surface area contributed by atoms with Gasteiger partial charge in [0.1, 0.15) is 29.4 Å². The lowest BCUT2D eigenvalue weighted by molar-refractivity contribution is -0.150. The highest BCUT2D eigenvalue weighted by Gasteiger charge is 2.23. The number of nitrogens with two attached hydrogens (primary N) is 1. The SMILES string of the molecule is COc1ccc(C(=O)Nc2ccc(Oc3ccnc4cc(OCCC(N)C(=O)OC5CCCC5)c(OC)cc34)cc2)cc1. The Morgan fingerprint density at radius 2 is 1.63 bits per heavy atom. The van der Waals surface area contributed by atoms with Gasteiger partial charge in [0.05, 0.1) is 26.3 Å². The number of ether oxygens (including phenoxy) is 5. The number of anilines is 1. The molecule has 0 aliphatic heterocycles. The number of carbonyl (C=O) groups is 2. The number of hydrogen-bond donors (Lipinski definition) is 2. The zero-order chi connectivity index (χ0) is 30.2. The van der Waals surface area contributed by atoms with Crippen LogP contribution in [0.1, 0.15) is 42.5 Å². The first-order chi connectivity index (χ1) is 20.9. The van der Waals surface area contributed by atoms with E-state index in [1.807, 2.05) is 0 Å². The highest BCUT2D eigenvalue weighted by atomic mass is 16.5. The number of benzene rings is 3. The van der Waals surface area contributed by atoms with E-state index in [1.54, 1.807) is 87.1 Å². The average Bonchev–Trinajstić information content (AvgIpc) is 3.54. The number of rotatable bonds is 12. The van der Waals surface area contributed by atoms with Crippen molar-refractivity contribution in [2.24, 2.45) is 5.73 Å². The maximum Gasteiger partial charge on any atom is 0.323 e. The topological polar surface area (TPSA) is 131 Å². The second kappa shape index (κ2) is 13.9. The van der Waals surface area contributed by atoms with Gasteiger partial charge in [-0.3, -0.25) is 14.6 Å². The van der Waals surface area contributed by atoms with Crippen LogP contribution in [-0.2, 0) is 9.53 Å². The van der Waals surface area contributed by atoms with Crippen molar-refractivity contribution in [3.8, 4) is 28.7 Å². The van der Waals surface area contributed by atoms with Crippen molar-refractivity contribution < 1.29 is 33.3 Å². The summed E-state index contributed by atoms with van der Waals surface area (Å²) in [5, 5.41) is 3.60. The van der Waals surface area contributed by atoms with Crippen LogP contribution in [0.2, 0.25) is 0 Å². The molecule has 5 rings (SSSR count). The van der Waals surface area contributed by atoms with Gasteiger partial charge in [-0.2, -0.15) is 0 Å². The van der Waals surface area contributed by atoms with E-state index in [1.165, 1.54) is 0 Å². The molecule has 1 unspecified atom stereocenters. The molecule has 4 aromatic rings. The van der Waals surface area contributed by atoms with Gasteiger partial charge in [-0.1, -0.05) is 0 Å². The highest BCUT2D eigenvalue weighted by molar-refractivity contribution is 6.04. The van der Waals surface area contributed by atoms with Crippen molar-refractivity contribution in [3.05, 3.63) is 78.5 Å². The summed E-state index contributed by atoms with van der Waals surface area (Å²) in [4.78, 5) is 29.3. The number of fused-ring (bicyclic) bond motifs is 1. The van der Waals surface area contributed by atoms with E-state index in [-0.39, 0.29) is 18.6 Å². The summed E-state index contributed by atoms with van der Waals surface area (Å²) in [5.74, 6) is 2.18. The molecule has 1 saturated carbocycles. The standard InChI is InChI=1S/C33H35N3O7/c1-39-23-11-7-21(8-12-23)32(37)36-22-9-13-25(14-10-22)42-29-15-17-35-28-20-31(30(40-2)19-26(28)29)41-18-16-27(34)33(38)43-24-5-3-4-6-24/h7-15,17,19-20,24,27H,3-6,16,18,34H2,1-2H3,(H,36,37). The van der Waals surface area contributed by atoms with Crippen LogP contribution < -0.4 is 30.0 Å². The average molecular weight is 586 g/mol. The second-order valence-corrected chi connectivity index (χ2v) is 10.2. The smallest absolute Gasteiger partial charge is 0.323 e. The Kier molecular flexibility index (Phi) is 9.58. The van der Waals surface area contributed by atoms with Gasteiger partial charge in [0.2, 0.25) is 0 Å². The molecule has 0 radical (unpaired) electrons. The minimum Gasteiger partial charge on any atom is -0.497 e. The summed E-state index contributed by atoms with van der Waals surface area (Å²) in [5.41, 5.74) is 7.83. The minimum absolute atomic E-state index is 0.0218. The molecule has 0 bridgehead atoms. The molecule has 1 amide bonds. The van der Waals surface area contributed by atoms with Gasteiger partial charge in [0, 0.05) is 35.3 Å². The second-order valence-electron chi connectivity index (χ2n) is 10.2. The summed E-state index contributed by atoms with van der Waals surface area (Å²) < 4.78 is 28.3. The van der Waals surface area contributed by atoms with Crippen LogP contribution in [0.5, 0.6) is 28.7 Å². The zero-order valence-electron chi connectivity index (χ0n) is 24.2. The number of pyridine rings is 1. The van der Waals surface area contributed by atoms with Gasteiger partial charge in [-0.15, -0.1) is 0 Å². The number of nitrogens with zero attached hydrogens (tertiary/aromatic N) is 1. The van der Waals surface area contributed by atoms with E-state index in [9.17, 15) is 9.59 Å². The van der Waals surface area contributed by atoms with Gasteiger partial charge < -0.3 is 34.7 Å². The van der Waals surface area contributed by atoms with Crippen molar-refractivity contribution in [1.29, 1.82) is 0 Å². The van der Waals surface area contributed by atoms with Crippen LogP contribution >= 0.6 is 0 Å². The molecule has 10 nitrogen and oxygen atoms in total. The first kappa shape index (κ1) is 29.7. The fourth-order valence-electron chi connectivity index (χ4n) is 4.84. The van der Waals surface area contributed by atoms with E-state index in [2.05, 4.69) is 10.3 Å². The predicted molar refractivity (Wildman–Crippen MR) is 162 cm³/mol. The lowest BCUT2D eigenvalue weighted by atomic mass is 10.1. The molecule has 1 aliphatic rings. The molecular weight excluding hydrogens is 550 g/mol. The summed E-state index contributed by atoms with van der Waals surface area (Å²) in [6.07, 6.45) is 5.89. The molecule has 3 N–H and O–H groups in total. The molecule has 1 atom stereocenters. The van der Waals surface area contributed by atoms with Crippen molar-refractivity contribution in [3.63, 3.8) is 0 Å². The van der Waals surface area contributed by atoms with Gasteiger partial charge in [0.15, 0.2) is 11.5 Å². The van der Waals surface area contributed by atoms with Crippen molar-refractivity contribution in [2.45, 2.75) is 44.2 Å². The van der Waals surface area contributed by atoms with E-state index in [4.69, 9.17) is 29.4 Å². The number of carbonyl (C=O) groups excluding carboxylic acids is 2. The summed E-state index contributed by atoms with van der Waals surface area (Å²) in [6.45, 7) is 0.209. The molecule has 10 heteroatoms. The Balaban J connectivity index is 1.21. The fourth-order valence-corrected chi connectivity index (χ4v) is 4.84. The van der Waals surface area contributed by atoms with Gasteiger partial charge in [0.25, 0.3) is 5.91 Å². The Bertz CT molecular complexity index is 1550. The van der Waals surface area contributed by atoms with Crippen LogP contribution in [0, 0.1) is 0 Å². The third-order valence-corrected chi connectivity index (χ3v) is 7.25. The lowest BCUT2D eigenvalue weighted by Crippen LogP contribution is -2.35. The Morgan fingerprint density at radius 1 is 0.907 bits per heavy atom. The summed E-state index contributed by atoms with van der Waals surface area (Å²) in [6, 6.07) is 18.5. The molecule has 0 saturated heterocycles. The molecule has 0 spiro atoms. The lowest BCUT2D eigenvalue weighted by Gasteiger charge is -2.17. The molecular formula is C33H35N3O7. The normalized spacial score (nSPS) is 13.7. The van der Waals surface area contributed by atoms with E-state index in [0.717, 1.165) is 31.1 Å². The largest absolute Gasteiger partial charge is 0.497 e. The number of aromatic nitrogens is 1. The van der Waals surface area contributed by atoms with Gasteiger partial charge in [-0.25, -0.2) is 0 Å². The van der Waals surface area contributed by atoms with Crippen molar-refractivity contribution in [1.82, 2.24) is 4.98 Å². The molecule has 1 heterocycles. The maximum absolute atomic E-state index is 12.6. The van der Waals surface area contributed by atoms with Gasteiger partial charge >= 0.3 is 5.97 Å². The first-order valence-corrected chi connectivity index (χ1v) is 14.2. The monoisotopic (exact) mass is 585 g/mol. The zero-order valence-corrected chi connectivity index (χ0v) is 24.2. The van der Waals surface area contributed by atoms with Crippen LogP contribution in [0.4, 0.5) is 5.69 Å². The molecule has 1 fully saturated rings. The Morgan fingerprint density at radius 3 is 2.33 bits per heavy atom. The highest BCUT2D eigenvalue weighted by Crippen LogP contribution is 2.37. The van der Waals surface area contributed by atoms with Crippen LogP contribution in [0.3, 0.4) is 0 Å². The number of methoxy groups -OCH3 is 2. The third kappa shape index (κ3) is 7.52. The summed E-state index contributed by atoms with van der Waals surface area (Å²) in [7, 11) is 3.13. The Hall–Kier alpha value is -4.83. The quantitative estimate of drug-likeness (QED) is 0.196. The first-order valence-electron chi connectivity index (χ1n) is 14.2. The van der Waals surface area contributed by atoms with E-state index < -0.39 is 12.0 Å². The molecule has 3 aromatic carbocycles. The maximum atomic E-state index is 12.6. The molecule has 43 heavy (non-hydrogen) atoms. The summed E-state index contributed by atoms with van der Waals surface area (Å²) >= 11 is 0. The van der Waals surface area contributed by atoms with Gasteiger partial charge in [-0.05, 0) is 86.3 Å². The van der Waals surface area contributed by atoms with E-state index >= 15 is 0 Å². The molecule has 1 aliphatic carbocycles. The van der Waals surface area contributed by atoms with Crippen LogP contribution in [-0.4, -0.2) is 49.8 Å². The number of esters is 1. The third-order valence-electron chi connectivity index (χ3n) is 7.25. The number of nitrogens with one attached hydrogen (secondary N) is 1. The number of hydrogen-bond acceptors (Lipinski definition) is 9. The minimum atomic E-state index is -0.757. The predicted octanol–water partition coefficient (Wildman–Crippen LogP) is 5.88. The van der Waals surface area contributed by atoms with Crippen molar-refractivity contribution in [2.75, 3.05) is 26.1 Å². The Labute approximate surface area is 250 Å².